The fourth-order valence-electron chi connectivity index (χ4n) is 1.63. The third kappa shape index (κ3) is 4.39. The van der Waals surface area contributed by atoms with Gasteiger partial charge in [-0.15, -0.1) is 0 Å². The van der Waals surface area contributed by atoms with Crippen LogP contribution in [0.4, 0.5) is 11.4 Å². The fourth-order valence-corrected chi connectivity index (χ4v) is 2.35. The molecule has 20 heavy (non-hydrogen) atoms. The predicted molar refractivity (Wildman–Crippen MR) is 77.6 cm³/mol. The normalized spacial score (nSPS) is 13.6. The molecule has 1 aromatic carbocycles. The Kier molecular flexibility index (Phi) is 5.34. The summed E-state index contributed by atoms with van der Waals surface area (Å²) in [5.41, 5.74) is -1.41. The van der Waals surface area contributed by atoms with E-state index in [0.717, 1.165) is 6.07 Å². The molecule has 110 valence electrons. The molecule has 8 heteroatoms. The lowest BCUT2D eigenvalue weighted by molar-refractivity contribution is -0.385. The molecule has 1 rings (SSSR count). The number of nitro groups is 1. The quantitative estimate of drug-likeness (QED) is 0.520. The van der Waals surface area contributed by atoms with Crippen molar-refractivity contribution in [3.05, 3.63) is 33.9 Å². The first-order valence-corrected chi connectivity index (χ1v) is 7.13. The van der Waals surface area contributed by atoms with E-state index in [0.29, 0.717) is 11.4 Å². The molecule has 0 saturated heterocycles. The smallest absolute Gasteiger partial charge is 0.342 e. The molecule has 0 spiro atoms. The number of nitrogens with one attached hydrogen (secondary N) is 1. The molecule has 7 nitrogen and oxygen atoms in total. The summed E-state index contributed by atoms with van der Waals surface area (Å²) in [4.78, 5) is 21.0. The highest BCUT2D eigenvalue weighted by Crippen LogP contribution is 2.24. The number of carboxylic acids is 1. The molecule has 0 saturated carbocycles. The Balaban J connectivity index is 2.91. The van der Waals surface area contributed by atoms with Crippen LogP contribution in [-0.4, -0.2) is 45.3 Å². The highest BCUT2D eigenvalue weighted by molar-refractivity contribution is 7.98. The van der Waals surface area contributed by atoms with Crippen molar-refractivity contribution >= 4 is 29.1 Å². The van der Waals surface area contributed by atoms with Gasteiger partial charge in [-0.05, 0) is 25.3 Å². The zero-order chi connectivity index (χ0) is 15.3. The lowest BCUT2D eigenvalue weighted by Gasteiger charge is -2.23. The maximum atomic E-state index is 10.9. The molecule has 3 N–H and O–H groups in total. The molecule has 0 aliphatic rings. The van der Waals surface area contributed by atoms with Gasteiger partial charge < -0.3 is 15.5 Å². The van der Waals surface area contributed by atoms with E-state index in [1.807, 2.05) is 6.26 Å². The third-order valence-corrected chi connectivity index (χ3v) is 3.46. The molecule has 1 aromatic rings. The van der Waals surface area contributed by atoms with Gasteiger partial charge in [0.1, 0.15) is 5.56 Å². The van der Waals surface area contributed by atoms with Gasteiger partial charge in [-0.1, -0.05) is 0 Å². The summed E-state index contributed by atoms with van der Waals surface area (Å²) in [6, 6.07) is 3.76. The molecule has 0 bridgehead atoms. The molecular weight excluding hydrogens is 284 g/mol. The number of hydrogen-bond donors (Lipinski definition) is 3. The van der Waals surface area contributed by atoms with Gasteiger partial charge in [0.05, 0.1) is 10.5 Å². The Labute approximate surface area is 120 Å². The zero-order valence-electron chi connectivity index (χ0n) is 11.1. The van der Waals surface area contributed by atoms with Gasteiger partial charge >= 0.3 is 5.97 Å². The van der Waals surface area contributed by atoms with Crippen molar-refractivity contribution in [3.8, 4) is 0 Å². The Hall–Kier alpha value is -1.80. The van der Waals surface area contributed by atoms with Crippen molar-refractivity contribution in [1.82, 2.24) is 0 Å². The fraction of sp³-hybridized carbons (Fsp3) is 0.417. The number of carboxylic acid groups (broad SMARTS) is 1. The van der Waals surface area contributed by atoms with Crippen molar-refractivity contribution in [2.24, 2.45) is 0 Å². The minimum Gasteiger partial charge on any atom is -0.477 e. The minimum atomic E-state index is -1.35. The Bertz CT molecular complexity index is 519. The second-order valence-electron chi connectivity index (χ2n) is 4.58. The van der Waals surface area contributed by atoms with Crippen LogP contribution in [0.5, 0.6) is 0 Å². The van der Waals surface area contributed by atoms with Crippen LogP contribution in [0.3, 0.4) is 0 Å². The van der Waals surface area contributed by atoms with Crippen LogP contribution in [0.2, 0.25) is 0 Å². The highest BCUT2D eigenvalue weighted by atomic mass is 32.2. The van der Waals surface area contributed by atoms with Gasteiger partial charge in [-0.2, -0.15) is 11.8 Å². The van der Waals surface area contributed by atoms with Gasteiger partial charge in [-0.25, -0.2) is 4.79 Å². The summed E-state index contributed by atoms with van der Waals surface area (Å²) in [6.07, 6.45) is 1.86. The Morgan fingerprint density at radius 2 is 2.20 bits per heavy atom. The number of thioether (sulfide) groups is 1. The predicted octanol–water partition coefficient (Wildman–Crippen LogP) is 1.82. The Morgan fingerprint density at radius 1 is 1.55 bits per heavy atom. The van der Waals surface area contributed by atoms with E-state index in [4.69, 9.17) is 5.11 Å². The van der Waals surface area contributed by atoms with Gasteiger partial charge in [0, 0.05) is 24.1 Å². The average molecular weight is 300 g/mol. The second kappa shape index (κ2) is 6.58. The molecule has 0 amide bonds. The van der Waals surface area contributed by atoms with Crippen LogP contribution < -0.4 is 5.32 Å². The number of anilines is 1. The van der Waals surface area contributed by atoms with Crippen LogP contribution in [0.1, 0.15) is 17.3 Å². The lowest BCUT2D eigenvalue weighted by Crippen LogP contribution is -2.36. The van der Waals surface area contributed by atoms with Crippen molar-refractivity contribution in [2.75, 3.05) is 23.9 Å². The van der Waals surface area contributed by atoms with Crippen molar-refractivity contribution < 1.29 is 19.9 Å². The Morgan fingerprint density at radius 3 is 2.70 bits per heavy atom. The van der Waals surface area contributed by atoms with Crippen molar-refractivity contribution in [3.63, 3.8) is 0 Å². The number of nitro benzene ring substituents is 1. The van der Waals surface area contributed by atoms with E-state index in [1.165, 1.54) is 23.9 Å². The third-order valence-electron chi connectivity index (χ3n) is 2.55. The summed E-state index contributed by atoms with van der Waals surface area (Å²) in [5.74, 6) is -0.840. The van der Waals surface area contributed by atoms with E-state index in [2.05, 4.69) is 5.32 Å². The first-order chi connectivity index (χ1) is 9.26. The summed E-state index contributed by atoms with van der Waals surface area (Å²) in [7, 11) is 0. The monoisotopic (exact) mass is 300 g/mol. The molecular formula is C12H16N2O5S. The zero-order valence-corrected chi connectivity index (χ0v) is 11.9. The van der Waals surface area contributed by atoms with Crippen LogP contribution >= 0.6 is 11.8 Å². The molecule has 1 unspecified atom stereocenters. The first-order valence-electron chi connectivity index (χ1n) is 5.74. The number of aromatic carboxylic acids is 1. The largest absolute Gasteiger partial charge is 0.477 e. The molecule has 0 fully saturated rings. The number of rotatable bonds is 7. The maximum absolute atomic E-state index is 10.9. The SMILES string of the molecule is CSCC(C)(O)CNc1ccc(C(=O)O)c([N+](=O)[O-])c1. The van der Waals surface area contributed by atoms with Crippen LogP contribution in [0.15, 0.2) is 18.2 Å². The molecule has 1 atom stereocenters. The molecule has 0 aromatic heterocycles. The molecule has 0 heterocycles. The summed E-state index contributed by atoms with van der Waals surface area (Å²) < 4.78 is 0. The van der Waals surface area contributed by atoms with Gasteiger partial charge in [0.15, 0.2) is 0 Å². The minimum absolute atomic E-state index is 0.206. The van der Waals surface area contributed by atoms with Gasteiger partial charge in [-0.3, -0.25) is 10.1 Å². The van der Waals surface area contributed by atoms with Crippen molar-refractivity contribution in [2.45, 2.75) is 12.5 Å². The van der Waals surface area contributed by atoms with E-state index in [1.54, 1.807) is 6.92 Å². The van der Waals surface area contributed by atoms with E-state index in [9.17, 15) is 20.0 Å². The lowest BCUT2D eigenvalue weighted by atomic mass is 10.1. The number of benzene rings is 1. The van der Waals surface area contributed by atoms with E-state index >= 15 is 0 Å². The topological polar surface area (TPSA) is 113 Å². The summed E-state index contributed by atoms with van der Waals surface area (Å²) in [6.45, 7) is 1.86. The standard InChI is InChI=1S/C12H16N2O5S/c1-12(17,7-20-2)6-13-8-3-4-9(11(15)16)10(5-8)14(18)19/h3-5,13,17H,6-7H2,1-2H3,(H,15,16). The van der Waals surface area contributed by atoms with Crippen LogP contribution in [0.25, 0.3) is 0 Å². The number of nitrogens with zero attached hydrogens (tertiary/aromatic N) is 1. The van der Waals surface area contributed by atoms with Crippen LogP contribution in [0, 0.1) is 10.1 Å². The molecule has 0 radical (unpaired) electrons. The van der Waals surface area contributed by atoms with Crippen LogP contribution in [-0.2, 0) is 0 Å². The van der Waals surface area contributed by atoms with Crippen molar-refractivity contribution in [1.29, 1.82) is 0 Å². The summed E-state index contributed by atoms with van der Waals surface area (Å²) in [5, 5.41) is 32.6. The average Bonchev–Trinajstić information content (AvgIpc) is 2.35. The highest BCUT2D eigenvalue weighted by Gasteiger charge is 2.22. The number of carbonyl (C=O) groups is 1. The van der Waals surface area contributed by atoms with E-state index < -0.39 is 22.2 Å². The van der Waals surface area contributed by atoms with Gasteiger partial charge in [0.25, 0.3) is 5.69 Å². The second-order valence-corrected chi connectivity index (χ2v) is 5.44. The number of hydrogen-bond acceptors (Lipinski definition) is 6. The molecule has 0 aliphatic heterocycles. The van der Waals surface area contributed by atoms with E-state index in [-0.39, 0.29) is 12.1 Å². The van der Waals surface area contributed by atoms with Gasteiger partial charge in [0.2, 0.25) is 0 Å². The summed E-state index contributed by atoms with van der Waals surface area (Å²) >= 11 is 1.48. The maximum Gasteiger partial charge on any atom is 0.342 e. The molecule has 0 aliphatic carbocycles. The first kappa shape index (κ1) is 16.3. The number of aliphatic hydroxyl groups is 1.